The van der Waals surface area contributed by atoms with Crippen molar-refractivity contribution in [2.24, 2.45) is 11.8 Å². The van der Waals surface area contributed by atoms with Crippen molar-refractivity contribution in [3.8, 4) is 0 Å². The van der Waals surface area contributed by atoms with Gasteiger partial charge in [0, 0.05) is 12.3 Å². The standard InChI is InChI=1S/C30H49NO4/c1-10-13-19-34-27(33)25(20-22(4)24-17-15-14-16-18-24)28(6,7)35-31-29(8,11-2)21-26(32)23(5)30(31,9)12-3/h14-18,22-23,25H,10-13,19-21H2,1-9H3. The first kappa shape index (κ1) is 29.5. The van der Waals surface area contributed by atoms with E-state index in [1.807, 2.05) is 39.0 Å². The molecule has 198 valence electrons. The van der Waals surface area contributed by atoms with Gasteiger partial charge in [-0.25, -0.2) is 0 Å². The smallest absolute Gasteiger partial charge is 0.311 e. The van der Waals surface area contributed by atoms with E-state index in [1.165, 1.54) is 5.56 Å². The van der Waals surface area contributed by atoms with Crippen LogP contribution in [0.15, 0.2) is 30.3 Å². The van der Waals surface area contributed by atoms with Crippen LogP contribution in [0.5, 0.6) is 0 Å². The van der Waals surface area contributed by atoms with Crippen LogP contribution in [0.25, 0.3) is 0 Å². The van der Waals surface area contributed by atoms with Crippen LogP contribution in [-0.2, 0) is 19.2 Å². The third-order valence-electron chi connectivity index (χ3n) is 8.55. The Labute approximate surface area is 213 Å². The van der Waals surface area contributed by atoms with Crippen molar-refractivity contribution in [1.82, 2.24) is 5.06 Å². The molecule has 1 aromatic rings. The van der Waals surface area contributed by atoms with Gasteiger partial charge >= 0.3 is 5.97 Å². The number of ether oxygens (including phenoxy) is 1. The largest absolute Gasteiger partial charge is 0.465 e. The summed E-state index contributed by atoms with van der Waals surface area (Å²) in [4.78, 5) is 33.4. The van der Waals surface area contributed by atoms with Crippen molar-refractivity contribution in [2.75, 3.05) is 6.61 Å². The number of benzene rings is 1. The quantitative estimate of drug-likeness (QED) is 0.232. The summed E-state index contributed by atoms with van der Waals surface area (Å²) in [5.74, 6) is -0.362. The van der Waals surface area contributed by atoms with E-state index in [4.69, 9.17) is 9.57 Å². The van der Waals surface area contributed by atoms with Crippen molar-refractivity contribution in [3.05, 3.63) is 35.9 Å². The summed E-state index contributed by atoms with van der Waals surface area (Å²) < 4.78 is 5.76. The monoisotopic (exact) mass is 487 g/mol. The average molecular weight is 488 g/mol. The molecule has 5 unspecified atom stereocenters. The van der Waals surface area contributed by atoms with Crippen molar-refractivity contribution >= 4 is 11.8 Å². The van der Waals surface area contributed by atoms with E-state index < -0.39 is 22.6 Å². The topological polar surface area (TPSA) is 55.8 Å². The normalized spacial score (nSPS) is 27.5. The molecule has 5 heteroatoms. The highest BCUT2D eigenvalue weighted by molar-refractivity contribution is 5.84. The summed E-state index contributed by atoms with van der Waals surface area (Å²) in [6.45, 7) is 19.2. The maximum Gasteiger partial charge on any atom is 0.311 e. The van der Waals surface area contributed by atoms with Gasteiger partial charge in [0.15, 0.2) is 0 Å². The summed E-state index contributed by atoms with van der Waals surface area (Å²) in [7, 11) is 0. The Morgan fingerprint density at radius 3 is 2.31 bits per heavy atom. The first-order chi connectivity index (χ1) is 16.4. The van der Waals surface area contributed by atoms with Crippen LogP contribution in [0, 0.1) is 11.8 Å². The fraction of sp³-hybridized carbons (Fsp3) is 0.733. The number of hydroxylamine groups is 2. The van der Waals surface area contributed by atoms with E-state index in [1.54, 1.807) is 0 Å². The summed E-state index contributed by atoms with van der Waals surface area (Å²) in [5.41, 5.74) is -0.519. The van der Waals surface area contributed by atoms with Crippen LogP contribution >= 0.6 is 0 Å². The maximum absolute atomic E-state index is 13.5. The van der Waals surface area contributed by atoms with Gasteiger partial charge < -0.3 is 4.74 Å². The Bertz CT molecular complexity index is 838. The van der Waals surface area contributed by atoms with E-state index in [2.05, 4.69) is 58.7 Å². The van der Waals surface area contributed by atoms with Crippen molar-refractivity contribution in [3.63, 3.8) is 0 Å². The van der Waals surface area contributed by atoms with Gasteiger partial charge in [-0.3, -0.25) is 14.4 Å². The zero-order valence-corrected chi connectivity index (χ0v) is 23.6. The van der Waals surface area contributed by atoms with Crippen molar-refractivity contribution in [1.29, 1.82) is 0 Å². The van der Waals surface area contributed by atoms with Crippen LogP contribution in [0.2, 0.25) is 0 Å². The molecule has 1 heterocycles. The molecule has 2 rings (SSSR count). The average Bonchev–Trinajstić information content (AvgIpc) is 2.84. The molecule has 35 heavy (non-hydrogen) atoms. The first-order valence-corrected chi connectivity index (χ1v) is 13.6. The summed E-state index contributed by atoms with van der Waals surface area (Å²) >= 11 is 0. The van der Waals surface area contributed by atoms with Crippen molar-refractivity contribution in [2.45, 2.75) is 123 Å². The molecule has 0 radical (unpaired) electrons. The fourth-order valence-electron chi connectivity index (χ4n) is 5.32. The van der Waals surface area contributed by atoms with Gasteiger partial charge in [0.2, 0.25) is 0 Å². The number of carbonyl (C=O) groups excluding carboxylic acids is 2. The molecule has 5 atom stereocenters. The Morgan fingerprint density at radius 1 is 1.14 bits per heavy atom. The summed E-state index contributed by atoms with van der Waals surface area (Å²) in [6, 6.07) is 10.3. The van der Waals surface area contributed by atoms with Crippen LogP contribution in [0.3, 0.4) is 0 Å². The number of hydrogen-bond acceptors (Lipinski definition) is 5. The Hall–Kier alpha value is -1.72. The van der Waals surface area contributed by atoms with Gasteiger partial charge in [-0.2, -0.15) is 5.06 Å². The molecule has 0 amide bonds. The second-order valence-corrected chi connectivity index (χ2v) is 11.5. The lowest BCUT2D eigenvalue weighted by atomic mass is 9.70. The van der Waals surface area contributed by atoms with Gasteiger partial charge in [-0.15, -0.1) is 0 Å². The Balaban J connectivity index is 2.42. The van der Waals surface area contributed by atoms with Gasteiger partial charge in [0.25, 0.3) is 0 Å². The highest BCUT2D eigenvalue weighted by Crippen LogP contribution is 2.46. The summed E-state index contributed by atoms with van der Waals surface area (Å²) in [5, 5.41) is 2.09. The van der Waals surface area contributed by atoms with Gasteiger partial charge in [-0.1, -0.05) is 71.4 Å². The number of esters is 1. The molecule has 0 bridgehead atoms. The second kappa shape index (κ2) is 12.0. The molecule has 0 aliphatic carbocycles. The Morgan fingerprint density at radius 2 is 1.77 bits per heavy atom. The summed E-state index contributed by atoms with van der Waals surface area (Å²) in [6.07, 6.45) is 4.45. The Kier molecular flexibility index (Phi) is 10.1. The minimum atomic E-state index is -0.820. The molecule has 1 fully saturated rings. The second-order valence-electron chi connectivity index (χ2n) is 11.5. The van der Waals surface area contributed by atoms with Crippen molar-refractivity contribution < 1.29 is 19.2 Å². The fourth-order valence-corrected chi connectivity index (χ4v) is 5.32. The maximum atomic E-state index is 13.5. The van der Waals surface area contributed by atoms with Crippen LogP contribution in [0.4, 0.5) is 0 Å². The third-order valence-corrected chi connectivity index (χ3v) is 8.55. The van der Waals surface area contributed by atoms with Gasteiger partial charge in [0.1, 0.15) is 5.78 Å². The zero-order chi connectivity index (χ0) is 26.4. The molecule has 0 N–H and O–H groups in total. The number of Topliss-reactive ketones (excluding diaryl/α,β-unsaturated/α-hetero) is 1. The molecule has 0 saturated carbocycles. The van der Waals surface area contributed by atoms with Gasteiger partial charge in [-0.05, 0) is 64.9 Å². The lowest BCUT2D eigenvalue weighted by molar-refractivity contribution is -0.347. The molecular weight excluding hydrogens is 438 g/mol. The molecule has 0 spiro atoms. The lowest BCUT2D eigenvalue weighted by Gasteiger charge is -2.58. The van der Waals surface area contributed by atoms with E-state index in [0.717, 1.165) is 25.7 Å². The van der Waals surface area contributed by atoms with Gasteiger partial charge in [0.05, 0.1) is 29.2 Å². The number of ketones is 1. The molecule has 1 aliphatic heterocycles. The molecule has 1 saturated heterocycles. The number of carbonyl (C=O) groups is 2. The zero-order valence-electron chi connectivity index (χ0n) is 23.6. The van der Waals surface area contributed by atoms with E-state index in [-0.39, 0.29) is 23.6 Å². The van der Waals surface area contributed by atoms with Crippen LogP contribution in [0.1, 0.15) is 112 Å². The van der Waals surface area contributed by atoms with Crippen LogP contribution < -0.4 is 0 Å². The number of unbranched alkanes of at least 4 members (excludes halogenated alkanes) is 1. The number of rotatable bonds is 12. The first-order valence-electron chi connectivity index (χ1n) is 13.6. The minimum absolute atomic E-state index is 0.152. The predicted octanol–water partition coefficient (Wildman–Crippen LogP) is 7.10. The molecule has 1 aliphatic rings. The van der Waals surface area contributed by atoms with E-state index >= 15 is 0 Å². The molecule has 0 aromatic heterocycles. The molecule has 1 aromatic carbocycles. The number of piperidine rings is 1. The molecule has 5 nitrogen and oxygen atoms in total. The highest BCUT2D eigenvalue weighted by Gasteiger charge is 2.56. The number of nitrogens with zero attached hydrogens (tertiary/aromatic N) is 1. The predicted molar refractivity (Wildman–Crippen MR) is 142 cm³/mol. The minimum Gasteiger partial charge on any atom is -0.465 e. The third kappa shape index (κ3) is 6.54. The highest BCUT2D eigenvalue weighted by atomic mass is 16.7. The lowest BCUT2D eigenvalue weighted by Crippen LogP contribution is -2.68. The van der Waals surface area contributed by atoms with E-state index in [9.17, 15) is 9.59 Å². The SMILES string of the molecule is CCCCOC(=O)C(CC(C)c1ccccc1)C(C)(C)ON1C(C)(CC)CC(=O)C(C)C1(C)CC. The van der Waals surface area contributed by atoms with E-state index in [0.29, 0.717) is 19.4 Å². The number of hydrogen-bond donors (Lipinski definition) is 0. The molecular formula is C30H49NO4. The van der Waals surface area contributed by atoms with Crippen LogP contribution in [-0.4, -0.2) is 40.1 Å².